The van der Waals surface area contributed by atoms with E-state index in [1.54, 1.807) is 11.8 Å². The quantitative estimate of drug-likeness (QED) is 0.651. The Balaban J connectivity index is 2.02. The van der Waals surface area contributed by atoms with Crippen molar-refractivity contribution in [3.63, 3.8) is 0 Å². The minimum atomic E-state index is -0.536. The molecule has 4 nitrogen and oxygen atoms in total. The van der Waals surface area contributed by atoms with Crippen LogP contribution in [0.25, 0.3) is 0 Å². The van der Waals surface area contributed by atoms with Gasteiger partial charge in [-0.1, -0.05) is 54.1 Å². The van der Waals surface area contributed by atoms with Crippen molar-refractivity contribution in [2.75, 3.05) is 5.75 Å². The third-order valence-corrected chi connectivity index (χ3v) is 5.44. The lowest BCUT2D eigenvalue weighted by Crippen LogP contribution is -2.49. The molecule has 0 spiro atoms. The molecule has 0 saturated carbocycles. The van der Waals surface area contributed by atoms with Crippen LogP contribution in [0.15, 0.2) is 54.6 Å². The molecule has 0 saturated heterocycles. The topological polar surface area (TPSA) is 49.4 Å². The molecule has 0 heterocycles. The molecule has 1 atom stereocenters. The molecule has 0 aliphatic carbocycles. The molecule has 2 rings (SSSR count). The number of amides is 2. The molecule has 6 heteroatoms. The van der Waals surface area contributed by atoms with E-state index in [4.69, 9.17) is 11.6 Å². The van der Waals surface area contributed by atoms with E-state index in [0.29, 0.717) is 23.1 Å². The van der Waals surface area contributed by atoms with Crippen molar-refractivity contribution < 1.29 is 9.59 Å². The summed E-state index contributed by atoms with van der Waals surface area (Å²) in [4.78, 5) is 27.1. The monoisotopic (exact) mass is 418 g/mol. The van der Waals surface area contributed by atoms with Crippen molar-refractivity contribution in [3.8, 4) is 0 Å². The predicted molar refractivity (Wildman–Crippen MR) is 117 cm³/mol. The molecule has 0 radical (unpaired) electrons. The van der Waals surface area contributed by atoms with E-state index in [-0.39, 0.29) is 17.9 Å². The van der Waals surface area contributed by atoms with Crippen molar-refractivity contribution in [2.45, 2.75) is 45.2 Å². The summed E-state index contributed by atoms with van der Waals surface area (Å²) in [6.07, 6.45) is 0. The maximum Gasteiger partial charge on any atom is 0.242 e. The summed E-state index contributed by atoms with van der Waals surface area (Å²) in [5, 5.41) is 3.60. The summed E-state index contributed by atoms with van der Waals surface area (Å²) in [5.74, 6) is 0.847. The van der Waals surface area contributed by atoms with Crippen molar-refractivity contribution in [3.05, 3.63) is 70.7 Å². The van der Waals surface area contributed by atoms with Crippen LogP contribution >= 0.6 is 23.4 Å². The van der Waals surface area contributed by atoms with Gasteiger partial charge in [-0.3, -0.25) is 9.59 Å². The molecular weight excluding hydrogens is 392 g/mol. The summed E-state index contributed by atoms with van der Waals surface area (Å²) < 4.78 is 0. The van der Waals surface area contributed by atoms with E-state index in [2.05, 4.69) is 5.32 Å². The van der Waals surface area contributed by atoms with E-state index >= 15 is 0 Å². The summed E-state index contributed by atoms with van der Waals surface area (Å²) in [5.41, 5.74) is 2.12. The molecule has 0 bridgehead atoms. The van der Waals surface area contributed by atoms with Crippen LogP contribution < -0.4 is 5.32 Å². The number of rotatable bonds is 9. The zero-order chi connectivity index (χ0) is 20.5. The minimum Gasteiger partial charge on any atom is -0.352 e. The van der Waals surface area contributed by atoms with Crippen LogP contribution in [0.3, 0.4) is 0 Å². The molecule has 0 aliphatic rings. The highest BCUT2D eigenvalue weighted by atomic mass is 35.5. The fraction of sp³-hybridized carbons (Fsp3) is 0.364. The molecule has 150 valence electrons. The summed E-state index contributed by atoms with van der Waals surface area (Å²) >= 11 is 7.45. The lowest BCUT2D eigenvalue weighted by Gasteiger charge is -2.29. The van der Waals surface area contributed by atoms with Gasteiger partial charge in [-0.25, -0.2) is 0 Å². The van der Waals surface area contributed by atoms with E-state index < -0.39 is 6.04 Å². The average molecular weight is 419 g/mol. The standard InChI is InChI=1S/C22H27ClN2O2S/c1-16(2)24-22(27)17(3)25(13-18-7-5-4-6-8-18)21(26)15-28-14-19-9-11-20(23)12-10-19/h4-12,16-17H,13-15H2,1-3H3,(H,24,27)/t17-/m0/s1. The molecule has 1 N–H and O–H groups in total. The van der Waals surface area contributed by atoms with Crippen LogP contribution in [-0.4, -0.2) is 34.6 Å². The smallest absolute Gasteiger partial charge is 0.242 e. The lowest BCUT2D eigenvalue weighted by atomic mass is 10.1. The van der Waals surface area contributed by atoms with Gasteiger partial charge in [-0.2, -0.15) is 0 Å². The Morgan fingerprint density at radius 2 is 1.64 bits per heavy atom. The largest absolute Gasteiger partial charge is 0.352 e. The molecule has 2 aromatic carbocycles. The minimum absolute atomic E-state index is 0.0305. The number of nitrogens with one attached hydrogen (secondary N) is 1. The Morgan fingerprint density at radius 1 is 1.00 bits per heavy atom. The van der Waals surface area contributed by atoms with E-state index in [1.165, 1.54) is 11.8 Å². The van der Waals surface area contributed by atoms with Gasteiger partial charge in [0.05, 0.1) is 5.75 Å². The first kappa shape index (κ1) is 22.3. The van der Waals surface area contributed by atoms with Gasteiger partial charge in [0.1, 0.15) is 6.04 Å². The highest BCUT2D eigenvalue weighted by Gasteiger charge is 2.26. The van der Waals surface area contributed by atoms with Gasteiger partial charge in [-0.05, 0) is 44.0 Å². The fourth-order valence-corrected chi connectivity index (χ4v) is 3.68. The van der Waals surface area contributed by atoms with Gasteiger partial charge < -0.3 is 10.2 Å². The zero-order valence-electron chi connectivity index (χ0n) is 16.5. The SMILES string of the molecule is CC(C)NC(=O)[C@H](C)N(Cc1ccccc1)C(=O)CSCc1ccc(Cl)cc1. The van der Waals surface area contributed by atoms with Crippen molar-refractivity contribution in [1.82, 2.24) is 10.2 Å². The molecule has 2 aromatic rings. The van der Waals surface area contributed by atoms with Crippen LogP contribution in [0, 0.1) is 0 Å². The molecular formula is C22H27ClN2O2S. The fourth-order valence-electron chi connectivity index (χ4n) is 2.69. The lowest BCUT2D eigenvalue weighted by molar-refractivity contribution is -0.138. The van der Waals surface area contributed by atoms with Crippen LogP contribution in [0.1, 0.15) is 31.9 Å². The van der Waals surface area contributed by atoms with Crippen molar-refractivity contribution in [1.29, 1.82) is 0 Å². The van der Waals surface area contributed by atoms with Crippen LogP contribution in [0.2, 0.25) is 5.02 Å². The summed E-state index contributed by atoms with van der Waals surface area (Å²) in [6.45, 7) is 6.02. The third-order valence-electron chi connectivity index (χ3n) is 4.20. The number of carbonyl (C=O) groups excluding carboxylic acids is 2. The van der Waals surface area contributed by atoms with E-state index in [1.807, 2.05) is 68.4 Å². The number of nitrogens with zero attached hydrogens (tertiary/aromatic N) is 1. The van der Waals surface area contributed by atoms with E-state index in [9.17, 15) is 9.59 Å². The first-order chi connectivity index (χ1) is 13.4. The van der Waals surface area contributed by atoms with Gasteiger partial charge in [-0.15, -0.1) is 11.8 Å². The Bertz CT molecular complexity index is 766. The number of hydrogen-bond donors (Lipinski definition) is 1. The molecule has 0 fully saturated rings. The van der Waals surface area contributed by atoms with Crippen LogP contribution in [0.4, 0.5) is 0 Å². The molecule has 0 unspecified atom stereocenters. The van der Waals surface area contributed by atoms with Gasteiger partial charge in [0.15, 0.2) is 0 Å². The Morgan fingerprint density at radius 3 is 2.25 bits per heavy atom. The molecule has 0 aliphatic heterocycles. The van der Waals surface area contributed by atoms with Gasteiger partial charge in [0.25, 0.3) is 0 Å². The first-order valence-electron chi connectivity index (χ1n) is 9.32. The predicted octanol–water partition coefficient (Wildman–Crippen LogP) is 4.52. The highest BCUT2D eigenvalue weighted by molar-refractivity contribution is 7.99. The Labute approximate surface area is 176 Å². The normalized spacial score (nSPS) is 11.9. The second-order valence-electron chi connectivity index (χ2n) is 6.97. The first-order valence-corrected chi connectivity index (χ1v) is 10.9. The average Bonchev–Trinajstić information content (AvgIpc) is 2.67. The maximum absolute atomic E-state index is 12.9. The Hall–Kier alpha value is -1.98. The number of thioether (sulfide) groups is 1. The Kier molecular flexibility index (Phi) is 8.87. The van der Waals surface area contributed by atoms with Gasteiger partial charge in [0.2, 0.25) is 11.8 Å². The van der Waals surface area contributed by atoms with E-state index in [0.717, 1.165) is 11.1 Å². The maximum atomic E-state index is 12.9. The number of benzene rings is 2. The van der Waals surface area contributed by atoms with Crippen LogP contribution in [-0.2, 0) is 21.9 Å². The molecule has 0 aromatic heterocycles. The van der Waals surface area contributed by atoms with Gasteiger partial charge in [0, 0.05) is 23.4 Å². The summed E-state index contributed by atoms with van der Waals surface area (Å²) in [7, 11) is 0. The highest BCUT2D eigenvalue weighted by Crippen LogP contribution is 2.17. The number of halogens is 1. The van der Waals surface area contributed by atoms with Crippen molar-refractivity contribution in [2.24, 2.45) is 0 Å². The summed E-state index contributed by atoms with van der Waals surface area (Å²) in [6, 6.07) is 16.8. The van der Waals surface area contributed by atoms with Crippen LogP contribution in [0.5, 0.6) is 0 Å². The zero-order valence-corrected chi connectivity index (χ0v) is 18.1. The molecule has 2 amide bonds. The third kappa shape index (κ3) is 7.21. The second-order valence-corrected chi connectivity index (χ2v) is 8.39. The van der Waals surface area contributed by atoms with Gasteiger partial charge >= 0.3 is 0 Å². The van der Waals surface area contributed by atoms with Crippen molar-refractivity contribution >= 4 is 35.2 Å². The second kappa shape index (κ2) is 11.1. The number of hydrogen-bond acceptors (Lipinski definition) is 3. The number of carbonyl (C=O) groups is 2. The molecule has 28 heavy (non-hydrogen) atoms.